The summed E-state index contributed by atoms with van der Waals surface area (Å²) in [5, 5.41) is 0. The van der Waals surface area contributed by atoms with E-state index in [0.717, 1.165) is 24.1 Å². The number of amides is 1. The standard InChI is InChI=1S/C13H14N2O/c14-10-12-5-3-11(4-6-12)7-9-15-8-1-2-13(15)16/h3-6H,1-2,8,10,14H2. The molecule has 1 aromatic rings. The van der Waals surface area contributed by atoms with Crippen LogP contribution in [0.15, 0.2) is 24.3 Å². The third-order valence-corrected chi connectivity index (χ3v) is 2.60. The maximum atomic E-state index is 11.3. The van der Waals surface area contributed by atoms with Gasteiger partial charge in [0.1, 0.15) is 0 Å². The summed E-state index contributed by atoms with van der Waals surface area (Å²) in [6.45, 7) is 1.30. The van der Waals surface area contributed by atoms with E-state index in [9.17, 15) is 4.79 Å². The maximum Gasteiger partial charge on any atom is 0.234 e. The molecule has 82 valence electrons. The van der Waals surface area contributed by atoms with Crippen molar-refractivity contribution in [3.05, 3.63) is 35.4 Å². The summed E-state index contributed by atoms with van der Waals surface area (Å²) in [5.41, 5.74) is 7.50. The number of hydrogen-bond donors (Lipinski definition) is 1. The van der Waals surface area contributed by atoms with Crippen molar-refractivity contribution in [2.75, 3.05) is 6.54 Å². The fourth-order valence-corrected chi connectivity index (χ4v) is 1.62. The lowest BCUT2D eigenvalue weighted by Crippen LogP contribution is -2.17. The molecule has 1 aromatic carbocycles. The predicted octanol–water partition coefficient (Wildman–Crippen LogP) is 1.08. The Hall–Kier alpha value is -1.79. The first-order valence-electron chi connectivity index (χ1n) is 5.40. The van der Waals surface area contributed by atoms with Crippen molar-refractivity contribution in [3.8, 4) is 12.0 Å². The Balaban J connectivity index is 2.08. The Morgan fingerprint density at radius 3 is 2.62 bits per heavy atom. The van der Waals surface area contributed by atoms with Crippen LogP contribution in [-0.4, -0.2) is 17.4 Å². The van der Waals surface area contributed by atoms with Crippen molar-refractivity contribution in [1.29, 1.82) is 0 Å². The van der Waals surface area contributed by atoms with E-state index < -0.39 is 0 Å². The molecule has 0 bridgehead atoms. The van der Waals surface area contributed by atoms with Crippen molar-refractivity contribution < 1.29 is 4.79 Å². The summed E-state index contributed by atoms with van der Waals surface area (Å²) in [6, 6.07) is 10.6. The largest absolute Gasteiger partial charge is 0.326 e. The normalized spacial score (nSPS) is 14.8. The molecule has 0 unspecified atom stereocenters. The van der Waals surface area contributed by atoms with Crippen molar-refractivity contribution in [2.45, 2.75) is 19.4 Å². The average Bonchev–Trinajstić information content (AvgIpc) is 2.73. The molecular formula is C13H14N2O. The van der Waals surface area contributed by atoms with Crippen molar-refractivity contribution >= 4 is 5.91 Å². The summed E-state index contributed by atoms with van der Waals surface area (Å²) < 4.78 is 0. The van der Waals surface area contributed by atoms with E-state index >= 15 is 0 Å². The molecule has 1 saturated heterocycles. The monoisotopic (exact) mass is 214 g/mol. The third kappa shape index (κ3) is 2.41. The number of carbonyl (C=O) groups is 1. The third-order valence-electron chi connectivity index (χ3n) is 2.60. The Labute approximate surface area is 95.2 Å². The Morgan fingerprint density at radius 1 is 1.31 bits per heavy atom. The number of nitrogens with two attached hydrogens (primary N) is 1. The fraction of sp³-hybridized carbons (Fsp3) is 0.308. The van der Waals surface area contributed by atoms with Gasteiger partial charge in [0.2, 0.25) is 5.91 Å². The van der Waals surface area contributed by atoms with Crippen molar-refractivity contribution in [1.82, 2.24) is 4.90 Å². The van der Waals surface area contributed by atoms with E-state index in [1.807, 2.05) is 24.3 Å². The highest BCUT2D eigenvalue weighted by molar-refractivity contribution is 5.80. The first-order chi connectivity index (χ1) is 7.79. The van der Waals surface area contributed by atoms with E-state index in [1.165, 1.54) is 0 Å². The molecule has 0 saturated carbocycles. The van der Waals surface area contributed by atoms with Crippen LogP contribution >= 0.6 is 0 Å². The smallest absolute Gasteiger partial charge is 0.234 e. The first-order valence-corrected chi connectivity index (χ1v) is 5.40. The van der Waals surface area contributed by atoms with Gasteiger partial charge in [-0.15, -0.1) is 0 Å². The van der Waals surface area contributed by atoms with Gasteiger partial charge in [0.15, 0.2) is 0 Å². The molecule has 16 heavy (non-hydrogen) atoms. The van der Waals surface area contributed by atoms with E-state index in [1.54, 1.807) is 4.90 Å². The maximum absolute atomic E-state index is 11.3. The number of nitrogens with zero attached hydrogens (tertiary/aromatic N) is 1. The second-order valence-corrected chi connectivity index (χ2v) is 3.79. The van der Waals surface area contributed by atoms with E-state index in [2.05, 4.69) is 12.0 Å². The predicted molar refractivity (Wildman–Crippen MR) is 62.2 cm³/mol. The second kappa shape index (κ2) is 4.82. The van der Waals surface area contributed by atoms with E-state index in [4.69, 9.17) is 5.73 Å². The van der Waals surface area contributed by atoms with Gasteiger partial charge in [-0.1, -0.05) is 12.1 Å². The van der Waals surface area contributed by atoms with Gasteiger partial charge >= 0.3 is 0 Å². The summed E-state index contributed by atoms with van der Waals surface area (Å²) in [4.78, 5) is 12.9. The van der Waals surface area contributed by atoms with Crippen LogP contribution in [0.2, 0.25) is 0 Å². The van der Waals surface area contributed by atoms with Crippen LogP contribution in [0, 0.1) is 12.0 Å². The minimum atomic E-state index is 0.131. The zero-order valence-electron chi connectivity index (χ0n) is 9.07. The van der Waals surface area contributed by atoms with Gasteiger partial charge in [-0.2, -0.15) is 0 Å². The number of hydrogen-bond acceptors (Lipinski definition) is 2. The SMILES string of the molecule is NCc1ccc(C#CN2CCCC2=O)cc1. The lowest BCUT2D eigenvalue weighted by molar-refractivity contribution is -0.124. The molecule has 0 aliphatic carbocycles. The summed E-state index contributed by atoms with van der Waals surface area (Å²) in [5.74, 6) is 3.11. The van der Waals surface area contributed by atoms with Crippen LogP contribution in [0.5, 0.6) is 0 Å². The van der Waals surface area contributed by atoms with Gasteiger partial charge < -0.3 is 5.73 Å². The van der Waals surface area contributed by atoms with Gasteiger partial charge in [0.25, 0.3) is 0 Å². The lowest BCUT2D eigenvalue weighted by Gasteiger charge is -2.03. The van der Waals surface area contributed by atoms with Gasteiger partial charge in [0.05, 0.1) is 0 Å². The highest BCUT2D eigenvalue weighted by Crippen LogP contribution is 2.08. The molecule has 3 nitrogen and oxygen atoms in total. The van der Waals surface area contributed by atoms with Gasteiger partial charge in [-0.3, -0.25) is 9.69 Å². The Morgan fingerprint density at radius 2 is 2.06 bits per heavy atom. The average molecular weight is 214 g/mol. The molecule has 0 atom stereocenters. The molecule has 1 fully saturated rings. The molecule has 0 aromatic heterocycles. The number of carbonyl (C=O) groups excluding carboxylic acids is 1. The number of benzene rings is 1. The molecule has 3 heteroatoms. The van der Waals surface area contributed by atoms with Crippen LogP contribution < -0.4 is 5.73 Å². The summed E-state index contributed by atoms with van der Waals surface area (Å²) in [7, 11) is 0. The Kier molecular flexibility index (Phi) is 3.23. The van der Waals surface area contributed by atoms with Crippen LogP contribution in [-0.2, 0) is 11.3 Å². The molecule has 1 aliphatic rings. The van der Waals surface area contributed by atoms with Gasteiger partial charge in [-0.05, 0) is 30.0 Å². The van der Waals surface area contributed by atoms with Crippen LogP contribution in [0.1, 0.15) is 24.0 Å². The molecular weight excluding hydrogens is 200 g/mol. The van der Waals surface area contributed by atoms with Crippen molar-refractivity contribution in [2.24, 2.45) is 5.73 Å². The molecule has 1 heterocycles. The van der Waals surface area contributed by atoms with E-state index in [0.29, 0.717) is 13.0 Å². The number of rotatable bonds is 1. The number of likely N-dealkylation sites (tertiary alicyclic amines) is 1. The lowest BCUT2D eigenvalue weighted by atomic mass is 10.1. The molecule has 0 spiro atoms. The minimum Gasteiger partial charge on any atom is -0.326 e. The molecule has 1 amide bonds. The van der Waals surface area contributed by atoms with E-state index in [-0.39, 0.29) is 5.91 Å². The van der Waals surface area contributed by atoms with Crippen LogP contribution in [0.25, 0.3) is 0 Å². The zero-order valence-corrected chi connectivity index (χ0v) is 9.07. The second-order valence-electron chi connectivity index (χ2n) is 3.79. The Bertz CT molecular complexity index is 439. The highest BCUT2D eigenvalue weighted by Gasteiger charge is 2.17. The molecule has 1 aliphatic heterocycles. The fourth-order valence-electron chi connectivity index (χ4n) is 1.62. The quantitative estimate of drug-likeness (QED) is 0.711. The summed E-state index contributed by atoms with van der Waals surface area (Å²) in [6.07, 6.45) is 1.54. The molecule has 2 N–H and O–H groups in total. The minimum absolute atomic E-state index is 0.131. The van der Waals surface area contributed by atoms with Gasteiger partial charge in [-0.25, -0.2) is 0 Å². The molecule has 0 radical (unpaired) electrons. The molecule has 2 rings (SSSR count). The highest BCUT2D eigenvalue weighted by atomic mass is 16.2. The van der Waals surface area contributed by atoms with Crippen LogP contribution in [0.3, 0.4) is 0 Å². The topological polar surface area (TPSA) is 46.3 Å². The zero-order chi connectivity index (χ0) is 11.4. The summed E-state index contributed by atoms with van der Waals surface area (Å²) >= 11 is 0. The van der Waals surface area contributed by atoms with Crippen LogP contribution in [0.4, 0.5) is 0 Å². The van der Waals surface area contributed by atoms with Gasteiger partial charge in [0, 0.05) is 31.1 Å². The van der Waals surface area contributed by atoms with Crippen molar-refractivity contribution in [3.63, 3.8) is 0 Å². The first kappa shape index (κ1) is 10.7.